The third-order valence-corrected chi connectivity index (χ3v) is 3.24. The third kappa shape index (κ3) is 2.91. The molecule has 2 rings (SSSR count). The van der Waals surface area contributed by atoms with Crippen molar-refractivity contribution < 1.29 is 29.4 Å². The van der Waals surface area contributed by atoms with Gasteiger partial charge in [-0.3, -0.25) is 19.3 Å². The van der Waals surface area contributed by atoms with Gasteiger partial charge in [-0.25, -0.2) is 4.79 Å². The van der Waals surface area contributed by atoms with Gasteiger partial charge in [-0.2, -0.15) is 0 Å². The summed E-state index contributed by atoms with van der Waals surface area (Å²) in [5.74, 6) is -3.10. The van der Waals surface area contributed by atoms with Crippen LogP contribution in [0.15, 0.2) is 18.2 Å². The van der Waals surface area contributed by atoms with E-state index in [-0.39, 0.29) is 29.7 Å². The van der Waals surface area contributed by atoms with Crippen molar-refractivity contribution in [3.05, 3.63) is 34.9 Å². The molecule has 0 spiro atoms. The van der Waals surface area contributed by atoms with Crippen LogP contribution in [0.1, 0.15) is 50.3 Å². The van der Waals surface area contributed by atoms with Crippen LogP contribution in [0.25, 0.3) is 0 Å². The molecular weight excluding hydrogens is 278 g/mol. The van der Waals surface area contributed by atoms with Crippen molar-refractivity contribution in [2.45, 2.75) is 19.3 Å². The topological polar surface area (TPSA) is 112 Å². The van der Waals surface area contributed by atoms with Crippen LogP contribution in [0.5, 0.6) is 0 Å². The maximum atomic E-state index is 12.1. The number of carbonyl (C=O) groups excluding carboxylic acids is 2. The second-order valence-corrected chi connectivity index (χ2v) is 4.68. The number of hydrogen-bond donors (Lipinski definition) is 2. The zero-order valence-corrected chi connectivity index (χ0v) is 11.0. The zero-order chi connectivity index (χ0) is 15.6. The molecule has 1 aromatic rings. The Kier molecular flexibility index (Phi) is 4.02. The highest BCUT2D eigenvalue weighted by molar-refractivity contribution is 6.21. The zero-order valence-electron chi connectivity index (χ0n) is 11.0. The van der Waals surface area contributed by atoms with Gasteiger partial charge in [-0.1, -0.05) is 0 Å². The first-order chi connectivity index (χ1) is 9.91. The van der Waals surface area contributed by atoms with E-state index in [0.29, 0.717) is 12.8 Å². The second kappa shape index (κ2) is 5.74. The predicted octanol–water partition coefficient (Wildman–Crippen LogP) is 1.24. The molecular formula is C14H13NO6. The van der Waals surface area contributed by atoms with E-state index >= 15 is 0 Å². The number of carboxylic acids is 2. The van der Waals surface area contributed by atoms with Gasteiger partial charge in [0.1, 0.15) is 0 Å². The van der Waals surface area contributed by atoms with Crippen LogP contribution in [-0.4, -0.2) is 45.4 Å². The van der Waals surface area contributed by atoms with Gasteiger partial charge < -0.3 is 10.2 Å². The Morgan fingerprint density at radius 3 is 2.29 bits per heavy atom. The molecule has 2 N–H and O–H groups in total. The highest BCUT2D eigenvalue weighted by Gasteiger charge is 2.35. The molecule has 0 fully saturated rings. The smallest absolute Gasteiger partial charge is 0.335 e. The van der Waals surface area contributed by atoms with Gasteiger partial charge in [-0.05, 0) is 31.0 Å². The van der Waals surface area contributed by atoms with Crippen LogP contribution in [0.2, 0.25) is 0 Å². The van der Waals surface area contributed by atoms with Gasteiger partial charge in [0.2, 0.25) is 0 Å². The minimum atomic E-state index is -1.17. The van der Waals surface area contributed by atoms with Gasteiger partial charge in [0.25, 0.3) is 11.8 Å². The Bertz CT molecular complexity index is 636. The molecule has 0 saturated heterocycles. The molecule has 0 unspecified atom stereocenters. The minimum Gasteiger partial charge on any atom is -0.481 e. The van der Waals surface area contributed by atoms with Crippen molar-refractivity contribution in [2.24, 2.45) is 0 Å². The Balaban J connectivity index is 2.11. The highest BCUT2D eigenvalue weighted by Crippen LogP contribution is 2.24. The Hall–Kier alpha value is -2.70. The first-order valence-corrected chi connectivity index (χ1v) is 6.37. The lowest BCUT2D eigenvalue weighted by Gasteiger charge is -2.12. The van der Waals surface area contributed by atoms with Crippen molar-refractivity contribution >= 4 is 23.8 Å². The Morgan fingerprint density at radius 2 is 1.67 bits per heavy atom. The molecule has 0 aliphatic carbocycles. The number of carbonyl (C=O) groups is 4. The molecule has 7 nitrogen and oxygen atoms in total. The third-order valence-electron chi connectivity index (χ3n) is 3.24. The number of benzene rings is 1. The summed E-state index contributed by atoms with van der Waals surface area (Å²) in [6.07, 6.45) is 0.735. The summed E-state index contributed by atoms with van der Waals surface area (Å²) < 4.78 is 0. The molecule has 1 aliphatic heterocycles. The number of aliphatic carboxylic acids is 1. The number of imide groups is 1. The molecule has 0 aromatic heterocycles. The van der Waals surface area contributed by atoms with E-state index in [2.05, 4.69) is 0 Å². The molecule has 0 radical (unpaired) electrons. The van der Waals surface area contributed by atoms with Gasteiger partial charge in [0.05, 0.1) is 16.7 Å². The van der Waals surface area contributed by atoms with E-state index in [1.54, 1.807) is 0 Å². The van der Waals surface area contributed by atoms with E-state index in [1.165, 1.54) is 18.2 Å². The van der Waals surface area contributed by atoms with Gasteiger partial charge in [0.15, 0.2) is 0 Å². The van der Waals surface area contributed by atoms with Crippen LogP contribution in [0.3, 0.4) is 0 Å². The fourth-order valence-corrected chi connectivity index (χ4v) is 2.17. The van der Waals surface area contributed by atoms with E-state index in [9.17, 15) is 19.2 Å². The lowest BCUT2D eigenvalue weighted by atomic mass is 10.1. The summed E-state index contributed by atoms with van der Waals surface area (Å²) in [6, 6.07) is 3.80. The molecule has 2 amide bonds. The molecule has 0 atom stereocenters. The van der Waals surface area contributed by atoms with E-state index in [0.717, 1.165) is 4.90 Å². The first-order valence-electron chi connectivity index (χ1n) is 6.37. The Morgan fingerprint density at radius 1 is 1.00 bits per heavy atom. The van der Waals surface area contributed by atoms with Crippen molar-refractivity contribution in [3.8, 4) is 0 Å². The summed E-state index contributed by atoms with van der Waals surface area (Å²) in [6.45, 7) is 0.127. The normalized spacial score (nSPS) is 13.4. The van der Waals surface area contributed by atoms with E-state index < -0.39 is 23.8 Å². The maximum absolute atomic E-state index is 12.1. The lowest BCUT2D eigenvalue weighted by molar-refractivity contribution is -0.137. The molecule has 1 aliphatic rings. The van der Waals surface area contributed by atoms with Crippen LogP contribution < -0.4 is 0 Å². The number of rotatable bonds is 6. The maximum Gasteiger partial charge on any atom is 0.335 e. The van der Waals surface area contributed by atoms with Crippen molar-refractivity contribution in [1.82, 2.24) is 4.90 Å². The highest BCUT2D eigenvalue weighted by atomic mass is 16.4. The molecule has 0 saturated carbocycles. The quantitative estimate of drug-likeness (QED) is 0.602. The summed E-state index contributed by atoms with van der Waals surface area (Å²) in [5, 5.41) is 17.4. The number of hydrogen-bond acceptors (Lipinski definition) is 4. The van der Waals surface area contributed by atoms with Gasteiger partial charge in [0, 0.05) is 13.0 Å². The lowest BCUT2D eigenvalue weighted by Crippen LogP contribution is -2.30. The van der Waals surface area contributed by atoms with Crippen molar-refractivity contribution in [2.75, 3.05) is 6.54 Å². The fourth-order valence-electron chi connectivity index (χ4n) is 2.17. The molecule has 0 bridgehead atoms. The summed E-state index contributed by atoms with van der Waals surface area (Å²) in [5.41, 5.74) is 0.212. The van der Waals surface area contributed by atoms with E-state index in [4.69, 9.17) is 10.2 Å². The standard InChI is InChI=1S/C14H13NO6/c16-11(17)3-1-2-6-15-12(18)9-5-4-8(14(20)21)7-10(9)13(15)19/h4-5,7H,1-3,6H2,(H,16,17)(H,20,21). The minimum absolute atomic E-state index is 0.0215. The number of nitrogens with zero attached hydrogens (tertiary/aromatic N) is 1. The fraction of sp³-hybridized carbons (Fsp3) is 0.286. The summed E-state index contributed by atoms with van der Waals surface area (Å²) in [7, 11) is 0. The number of fused-ring (bicyclic) bond motifs is 1. The van der Waals surface area contributed by atoms with Gasteiger partial charge in [-0.15, -0.1) is 0 Å². The first kappa shape index (κ1) is 14.7. The number of aromatic carboxylic acids is 1. The number of unbranched alkanes of at least 4 members (excludes halogenated alkanes) is 1. The molecule has 1 heterocycles. The Labute approximate surface area is 119 Å². The second-order valence-electron chi connectivity index (χ2n) is 4.68. The average molecular weight is 291 g/mol. The summed E-state index contributed by atoms with van der Waals surface area (Å²) in [4.78, 5) is 46.5. The van der Waals surface area contributed by atoms with Gasteiger partial charge >= 0.3 is 11.9 Å². The SMILES string of the molecule is O=C(O)CCCCN1C(=O)c2ccc(C(=O)O)cc2C1=O. The monoisotopic (exact) mass is 291 g/mol. The number of carboxylic acid groups (broad SMARTS) is 2. The largest absolute Gasteiger partial charge is 0.481 e. The molecule has 7 heteroatoms. The van der Waals surface area contributed by atoms with Crippen LogP contribution in [-0.2, 0) is 4.79 Å². The van der Waals surface area contributed by atoms with Crippen LogP contribution in [0.4, 0.5) is 0 Å². The molecule has 110 valence electrons. The number of amides is 2. The predicted molar refractivity (Wildman–Crippen MR) is 70.3 cm³/mol. The van der Waals surface area contributed by atoms with E-state index in [1.807, 2.05) is 0 Å². The van der Waals surface area contributed by atoms with Crippen molar-refractivity contribution in [3.63, 3.8) is 0 Å². The van der Waals surface area contributed by atoms with Crippen LogP contribution in [0, 0.1) is 0 Å². The summed E-state index contributed by atoms with van der Waals surface area (Å²) >= 11 is 0. The molecule has 21 heavy (non-hydrogen) atoms. The van der Waals surface area contributed by atoms with Crippen molar-refractivity contribution in [1.29, 1.82) is 0 Å². The molecule has 1 aromatic carbocycles. The van der Waals surface area contributed by atoms with Crippen LogP contribution >= 0.6 is 0 Å². The average Bonchev–Trinajstić information content (AvgIpc) is 2.67.